The van der Waals surface area contributed by atoms with E-state index in [0.717, 1.165) is 25.9 Å². The summed E-state index contributed by atoms with van der Waals surface area (Å²) in [6.07, 6.45) is 4.78. The standard InChI is InChI=1S/C13H25N3O2/c1-2-8-15-12(17)6-3-7-13(18)16-10-11-5-4-9-14-11/h11,14H,2-10H2,1H3,(H,15,17)(H,16,18). The van der Waals surface area contributed by atoms with E-state index in [4.69, 9.17) is 0 Å². The molecule has 2 amide bonds. The summed E-state index contributed by atoms with van der Waals surface area (Å²) in [6, 6.07) is 0.432. The van der Waals surface area contributed by atoms with Crippen LogP contribution in [0.2, 0.25) is 0 Å². The molecule has 18 heavy (non-hydrogen) atoms. The van der Waals surface area contributed by atoms with Crippen molar-refractivity contribution in [3.05, 3.63) is 0 Å². The Morgan fingerprint density at radius 2 is 1.94 bits per heavy atom. The van der Waals surface area contributed by atoms with Crippen molar-refractivity contribution < 1.29 is 9.59 Å². The van der Waals surface area contributed by atoms with Gasteiger partial charge in [0, 0.05) is 32.0 Å². The highest BCUT2D eigenvalue weighted by Gasteiger charge is 2.14. The SMILES string of the molecule is CCCNC(=O)CCCC(=O)NCC1CCCN1. The van der Waals surface area contributed by atoms with E-state index in [9.17, 15) is 9.59 Å². The Balaban J connectivity index is 1.97. The summed E-state index contributed by atoms with van der Waals surface area (Å²) in [4.78, 5) is 22.8. The van der Waals surface area contributed by atoms with Crippen molar-refractivity contribution in [1.29, 1.82) is 0 Å². The number of rotatable bonds is 8. The maximum atomic E-state index is 11.5. The van der Waals surface area contributed by atoms with Crippen LogP contribution in [0, 0.1) is 0 Å². The van der Waals surface area contributed by atoms with E-state index in [1.54, 1.807) is 0 Å². The van der Waals surface area contributed by atoms with Crippen LogP contribution in [0.5, 0.6) is 0 Å². The Kier molecular flexibility index (Phi) is 7.41. The maximum Gasteiger partial charge on any atom is 0.220 e. The first-order valence-electron chi connectivity index (χ1n) is 6.99. The summed E-state index contributed by atoms with van der Waals surface area (Å²) in [7, 11) is 0. The average molecular weight is 255 g/mol. The van der Waals surface area contributed by atoms with Gasteiger partial charge in [0.25, 0.3) is 0 Å². The molecule has 1 aliphatic rings. The van der Waals surface area contributed by atoms with Crippen molar-refractivity contribution >= 4 is 11.8 Å². The van der Waals surface area contributed by atoms with Crippen molar-refractivity contribution in [2.24, 2.45) is 0 Å². The third-order valence-electron chi connectivity index (χ3n) is 3.09. The number of hydrogen-bond donors (Lipinski definition) is 3. The zero-order valence-electron chi connectivity index (χ0n) is 11.3. The van der Waals surface area contributed by atoms with Gasteiger partial charge >= 0.3 is 0 Å². The number of amides is 2. The van der Waals surface area contributed by atoms with E-state index in [-0.39, 0.29) is 11.8 Å². The van der Waals surface area contributed by atoms with Gasteiger partial charge in [0.05, 0.1) is 0 Å². The van der Waals surface area contributed by atoms with Crippen LogP contribution >= 0.6 is 0 Å². The molecule has 1 aliphatic heterocycles. The second-order valence-corrected chi connectivity index (χ2v) is 4.80. The Morgan fingerprint density at radius 3 is 2.56 bits per heavy atom. The largest absolute Gasteiger partial charge is 0.356 e. The Morgan fingerprint density at radius 1 is 1.22 bits per heavy atom. The second-order valence-electron chi connectivity index (χ2n) is 4.80. The van der Waals surface area contributed by atoms with Crippen molar-refractivity contribution in [1.82, 2.24) is 16.0 Å². The van der Waals surface area contributed by atoms with Crippen LogP contribution in [-0.4, -0.2) is 37.5 Å². The average Bonchev–Trinajstić information content (AvgIpc) is 2.87. The maximum absolute atomic E-state index is 11.5. The molecular weight excluding hydrogens is 230 g/mol. The Bertz CT molecular complexity index is 263. The summed E-state index contributed by atoms with van der Waals surface area (Å²) in [5.41, 5.74) is 0. The molecule has 0 saturated carbocycles. The lowest BCUT2D eigenvalue weighted by atomic mass is 10.2. The van der Waals surface area contributed by atoms with E-state index < -0.39 is 0 Å². The van der Waals surface area contributed by atoms with Gasteiger partial charge in [-0.15, -0.1) is 0 Å². The number of carbonyl (C=O) groups is 2. The highest BCUT2D eigenvalue weighted by atomic mass is 16.2. The lowest BCUT2D eigenvalue weighted by Gasteiger charge is -2.11. The highest BCUT2D eigenvalue weighted by molar-refractivity contribution is 5.78. The zero-order valence-corrected chi connectivity index (χ0v) is 11.3. The van der Waals surface area contributed by atoms with Gasteiger partial charge in [0.1, 0.15) is 0 Å². The first-order chi connectivity index (χ1) is 8.72. The first-order valence-corrected chi connectivity index (χ1v) is 6.99. The molecule has 0 spiro atoms. The third kappa shape index (κ3) is 6.59. The molecule has 5 nitrogen and oxygen atoms in total. The molecule has 0 aromatic rings. The van der Waals surface area contributed by atoms with E-state index in [0.29, 0.717) is 31.8 Å². The lowest BCUT2D eigenvalue weighted by Crippen LogP contribution is -2.37. The predicted molar refractivity (Wildman–Crippen MR) is 71.2 cm³/mol. The van der Waals surface area contributed by atoms with Gasteiger partial charge in [0.15, 0.2) is 0 Å². The summed E-state index contributed by atoms with van der Waals surface area (Å²) in [6.45, 7) is 4.50. The smallest absolute Gasteiger partial charge is 0.220 e. The molecule has 0 aromatic carbocycles. The predicted octanol–water partition coefficient (Wildman–Crippen LogP) is 0.551. The molecule has 3 N–H and O–H groups in total. The Hall–Kier alpha value is -1.10. The number of hydrogen-bond acceptors (Lipinski definition) is 3. The first kappa shape index (κ1) is 15.0. The second kappa shape index (κ2) is 8.91. The van der Waals surface area contributed by atoms with Crippen molar-refractivity contribution in [3.63, 3.8) is 0 Å². The van der Waals surface area contributed by atoms with Crippen molar-refractivity contribution in [2.45, 2.75) is 51.5 Å². The van der Waals surface area contributed by atoms with Crippen LogP contribution < -0.4 is 16.0 Å². The minimum atomic E-state index is 0.0436. The van der Waals surface area contributed by atoms with E-state index in [1.807, 2.05) is 6.92 Å². The minimum Gasteiger partial charge on any atom is -0.356 e. The van der Waals surface area contributed by atoms with Gasteiger partial charge in [-0.25, -0.2) is 0 Å². The normalized spacial score (nSPS) is 18.6. The molecule has 1 unspecified atom stereocenters. The van der Waals surface area contributed by atoms with Gasteiger partial charge in [-0.1, -0.05) is 6.92 Å². The molecule has 1 fully saturated rings. The van der Waals surface area contributed by atoms with Gasteiger partial charge in [-0.05, 0) is 32.2 Å². The number of nitrogens with one attached hydrogen (secondary N) is 3. The summed E-state index contributed by atoms with van der Waals surface area (Å²) in [5, 5.41) is 9.04. The molecule has 0 radical (unpaired) electrons. The molecule has 0 bridgehead atoms. The quantitative estimate of drug-likeness (QED) is 0.593. The van der Waals surface area contributed by atoms with Gasteiger partial charge < -0.3 is 16.0 Å². The third-order valence-corrected chi connectivity index (χ3v) is 3.09. The number of carbonyl (C=O) groups excluding carboxylic acids is 2. The molecule has 0 aromatic heterocycles. The summed E-state index contributed by atoms with van der Waals surface area (Å²) in [5.74, 6) is 0.0918. The van der Waals surface area contributed by atoms with Crippen LogP contribution in [0.4, 0.5) is 0 Å². The molecule has 0 aliphatic carbocycles. The molecule has 5 heteroatoms. The molecule has 1 saturated heterocycles. The monoisotopic (exact) mass is 255 g/mol. The fourth-order valence-corrected chi connectivity index (χ4v) is 2.02. The minimum absolute atomic E-state index is 0.0436. The Labute approximate surface area is 109 Å². The lowest BCUT2D eigenvalue weighted by molar-refractivity contribution is -0.122. The van der Waals surface area contributed by atoms with E-state index in [2.05, 4.69) is 16.0 Å². The van der Waals surface area contributed by atoms with Crippen LogP contribution in [0.15, 0.2) is 0 Å². The summed E-state index contributed by atoms with van der Waals surface area (Å²) >= 11 is 0. The molecular formula is C13H25N3O2. The van der Waals surface area contributed by atoms with Crippen molar-refractivity contribution in [2.75, 3.05) is 19.6 Å². The van der Waals surface area contributed by atoms with Crippen LogP contribution in [0.1, 0.15) is 45.4 Å². The van der Waals surface area contributed by atoms with E-state index >= 15 is 0 Å². The zero-order chi connectivity index (χ0) is 13.2. The summed E-state index contributed by atoms with van der Waals surface area (Å²) < 4.78 is 0. The molecule has 104 valence electrons. The van der Waals surface area contributed by atoms with Crippen LogP contribution in [-0.2, 0) is 9.59 Å². The van der Waals surface area contributed by atoms with Crippen LogP contribution in [0.25, 0.3) is 0 Å². The van der Waals surface area contributed by atoms with Crippen molar-refractivity contribution in [3.8, 4) is 0 Å². The van der Waals surface area contributed by atoms with Crippen LogP contribution in [0.3, 0.4) is 0 Å². The fraction of sp³-hybridized carbons (Fsp3) is 0.846. The van der Waals surface area contributed by atoms with Gasteiger partial charge in [-0.2, -0.15) is 0 Å². The molecule has 1 atom stereocenters. The highest BCUT2D eigenvalue weighted by Crippen LogP contribution is 2.03. The fourth-order valence-electron chi connectivity index (χ4n) is 2.02. The van der Waals surface area contributed by atoms with Gasteiger partial charge in [-0.3, -0.25) is 9.59 Å². The molecule has 1 heterocycles. The van der Waals surface area contributed by atoms with Gasteiger partial charge in [0.2, 0.25) is 11.8 Å². The van der Waals surface area contributed by atoms with E-state index in [1.165, 1.54) is 6.42 Å². The molecule has 1 rings (SSSR count). The topological polar surface area (TPSA) is 70.2 Å².